The van der Waals surface area contributed by atoms with Crippen molar-refractivity contribution in [2.45, 2.75) is 44.6 Å². The molecular formula is C20H21F2Si. The molecule has 119 valence electrons. The number of halogens is 2. The molecule has 0 amide bonds. The Balaban J connectivity index is 1.87. The number of hydrogen-bond acceptors (Lipinski definition) is 0. The van der Waals surface area contributed by atoms with Gasteiger partial charge in [-0.2, -0.15) is 0 Å². The molecule has 0 aliphatic heterocycles. The Labute approximate surface area is 140 Å². The average molecular weight is 327 g/mol. The molecule has 1 aliphatic rings. The third kappa shape index (κ3) is 3.55. The summed E-state index contributed by atoms with van der Waals surface area (Å²) < 4.78 is 29.1. The fourth-order valence-electron chi connectivity index (χ4n) is 3.52. The van der Waals surface area contributed by atoms with E-state index in [1.54, 1.807) is 12.1 Å². The van der Waals surface area contributed by atoms with Gasteiger partial charge in [-0.25, -0.2) is 8.78 Å². The predicted octanol–water partition coefficient (Wildman–Crippen LogP) is 5.80. The molecule has 23 heavy (non-hydrogen) atoms. The van der Waals surface area contributed by atoms with Crippen LogP contribution in [0, 0.1) is 24.5 Å². The quantitative estimate of drug-likeness (QED) is 0.625. The van der Waals surface area contributed by atoms with Crippen molar-refractivity contribution in [3.05, 3.63) is 59.2 Å². The van der Waals surface area contributed by atoms with Crippen LogP contribution in [0.4, 0.5) is 8.78 Å². The summed E-state index contributed by atoms with van der Waals surface area (Å²) in [6.45, 7) is 1.96. The molecule has 0 unspecified atom stereocenters. The predicted molar refractivity (Wildman–Crippen MR) is 91.8 cm³/mol. The van der Waals surface area contributed by atoms with E-state index < -0.39 is 11.6 Å². The van der Waals surface area contributed by atoms with Gasteiger partial charge < -0.3 is 0 Å². The van der Waals surface area contributed by atoms with Gasteiger partial charge in [0.25, 0.3) is 0 Å². The summed E-state index contributed by atoms with van der Waals surface area (Å²) >= 11 is 0. The second-order valence-electron chi connectivity index (χ2n) is 6.65. The maximum absolute atomic E-state index is 14.5. The van der Waals surface area contributed by atoms with E-state index >= 15 is 0 Å². The van der Waals surface area contributed by atoms with Crippen LogP contribution in [0.3, 0.4) is 0 Å². The molecule has 0 N–H and O–H groups in total. The Hall–Kier alpha value is -1.48. The van der Waals surface area contributed by atoms with E-state index in [-0.39, 0.29) is 11.5 Å². The van der Waals surface area contributed by atoms with Gasteiger partial charge in [0.05, 0.1) is 5.56 Å². The summed E-state index contributed by atoms with van der Waals surface area (Å²) in [6.07, 6.45) is 4.27. The smallest absolute Gasteiger partial charge is 0.134 e. The van der Waals surface area contributed by atoms with Crippen molar-refractivity contribution in [1.82, 2.24) is 0 Å². The van der Waals surface area contributed by atoms with E-state index in [9.17, 15) is 8.78 Å². The number of rotatable bonds is 3. The first-order chi connectivity index (χ1) is 11.1. The minimum absolute atomic E-state index is 0.0857. The van der Waals surface area contributed by atoms with Crippen molar-refractivity contribution in [1.29, 1.82) is 0 Å². The first-order valence-corrected chi connectivity index (χ1v) is 8.99. The number of benzene rings is 2. The Kier molecular flexibility index (Phi) is 4.95. The van der Waals surface area contributed by atoms with Crippen LogP contribution < -0.4 is 0 Å². The third-order valence-corrected chi connectivity index (χ3v) is 5.59. The lowest BCUT2D eigenvalue weighted by molar-refractivity contribution is 0.347. The van der Waals surface area contributed by atoms with Gasteiger partial charge in [-0.3, -0.25) is 0 Å². The SMILES string of the molecule is Cc1ccc(-c2c(F)cc(C3CCC(C[Si])CC3)cc2F)cc1. The largest absolute Gasteiger partial charge is 0.206 e. The molecule has 1 saturated carbocycles. The molecule has 3 rings (SSSR count). The highest BCUT2D eigenvalue weighted by Gasteiger charge is 2.23. The first-order valence-electron chi connectivity index (χ1n) is 8.29. The lowest BCUT2D eigenvalue weighted by Crippen LogP contribution is -2.13. The molecule has 0 bridgehead atoms. The second kappa shape index (κ2) is 6.96. The van der Waals surface area contributed by atoms with Crippen LogP contribution in [0.15, 0.2) is 36.4 Å². The summed E-state index contributed by atoms with van der Waals surface area (Å²) in [5.41, 5.74) is 2.57. The van der Waals surface area contributed by atoms with Gasteiger partial charge in [-0.05, 0) is 54.9 Å². The van der Waals surface area contributed by atoms with E-state index in [0.29, 0.717) is 11.5 Å². The molecule has 2 aromatic carbocycles. The van der Waals surface area contributed by atoms with Crippen molar-refractivity contribution in [2.24, 2.45) is 5.92 Å². The zero-order valence-corrected chi connectivity index (χ0v) is 14.4. The van der Waals surface area contributed by atoms with Gasteiger partial charge in [-0.15, -0.1) is 0 Å². The molecular weight excluding hydrogens is 306 g/mol. The molecule has 1 fully saturated rings. The van der Waals surface area contributed by atoms with Crippen LogP contribution in [0.2, 0.25) is 6.04 Å². The van der Waals surface area contributed by atoms with Gasteiger partial charge in [-0.1, -0.05) is 48.7 Å². The lowest BCUT2D eigenvalue weighted by Gasteiger charge is -2.28. The molecule has 0 heterocycles. The average Bonchev–Trinajstić information content (AvgIpc) is 2.56. The van der Waals surface area contributed by atoms with Crippen LogP contribution in [0.1, 0.15) is 42.7 Å². The molecule has 0 atom stereocenters. The van der Waals surface area contributed by atoms with Gasteiger partial charge in [0, 0.05) is 10.2 Å². The molecule has 2 aromatic rings. The molecule has 0 saturated heterocycles. The second-order valence-corrected chi connectivity index (χ2v) is 7.06. The first kappa shape index (κ1) is 16.4. The number of hydrogen-bond donors (Lipinski definition) is 0. The van der Waals surface area contributed by atoms with Crippen LogP contribution in [-0.4, -0.2) is 10.2 Å². The molecule has 3 heteroatoms. The Morgan fingerprint density at radius 3 is 2.04 bits per heavy atom. The van der Waals surface area contributed by atoms with Crippen LogP contribution >= 0.6 is 0 Å². The topological polar surface area (TPSA) is 0 Å². The highest BCUT2D eigenvalue weighted by Crippen LogP contribution is 2.38. The Bertz CT molecular complexity index is 648. The monoisotopic (exact) mass is 327 g/mol. The maximum Gasteiger partial charge on any atom is 0.134 e. The van der Waals surface area contributed by atoms with E-state index in [0.717, 1.165) is 42.9 Å². The fourth-order valence-corrected chi connectivity index (χ4v) is 3.93. The molecule has 0 nitrogen and oxygen atoms in total. The van der Waals surface area contributed by atoms with E-state index in [1.807, 2.05) is 19.1 Å². The molecule has 0 spiro atoms. The Morgan fingerprint density at radius 1 is 0.957 bits per heavy atom. The van der Waals surface area contributed by atoms with Crippen molar-refractivity contribution in [2.75, 3.05) is 0 Å². The van der Waals surface area contributed by atoms with Crippen molar-refractivity contribution < 1.29 is 8.78 Å². The van der Waals surface area contributed by atoms with Gasteiger partial charge >= 0.3 is 0 Å². The fraction of sp³-hybridized carbons (Fsp3) is 0.400. The molecule has 1 aliphatic carbocycles. The zero-order chi connectivity index (χ0) is 16.4. The van der Waals surface area contributed by atoms with E-state index in [4.69, 9.17) is 0 Å². The summed E-state index contributed by atoms with van der Waals surface area (Å²) in [5, 5.41) is 0. The van der Waals surface area contributed by atoms with Crippen molar-refractivity contribution >= 4 is 10.2 Å². The maximum atomic E-state index is 14.5. The summed E-state index contributed by atoms with van der Waals surface area (Å²) in [4.78, 5) is 0. The Morgan fingerprint density at radius 2 is 1.52 bits per heavy atom. The highest BCUT2D eigenvalue weighted by atomic mass is 28.1. The van der Waals surface area contributed by atoms with E-state index in [2.05, 4.69) is 10.2 Å². The van der Waals surface area contributed by atoms with E-state index in [1.165, 1.54) is 12.1 Å². The number of aryl methyl sites for hydroxylation is 1. The minimum Gasteiger partial charge on any atom is -0.206 e. The van der Waals surface area contributed by atoms with Gasteiger partial charge in [0.2, 0.25) is 0 Å². The van der Waals surface area contributed by atoms with Crippen LogP contribution in [0.5, 0.6) is 0 Å². The van der Waals surface area contributed by atoms with Crippen molar-refractivity contribution in [3.8, 4) is 11.1 Å². The molecule has 3 radical (unpaired) electrons. The van der Waals surface area contributed by atoms with Crippen molar-refractivity contribution in [3.63, 3.8) is 0 Å². The third-order valence-electron chi connectivity index (χ3n) is 5.01. The summed E-state index contributed by atoms with van der Waals surface area (Å²) in [7, 11) is 3.58. The van der Waals surface area contributed by atoms with Gasteiger partial charge in [0.15, 0.2) is 0 Å². The highest BCUT2D eigenvalue weighted by molar-refractivity contribution is 6.08. The van der Waals surface area contributed by atoms with Crippen LogP contribution in [-0.2, 0) is 0 Å². The standard InChI is InChI=1S/C20H21F2Si/c1-13-2-6-16(7-3-13)20-18(21)10-17(11-19(20)22)15-8-4-14(12-23)5-9-15/h2-3,6-7,10-11,14-15H,4-5,8-9,12H2,1H3. The van der Waals surface area contributed by atoms with Gasteiger partial charge in [0.1, 0.15) is 11.6 Å². The van der Waals surface area contributed by atoms with Crippen LogP contribution in [0.25, 0.3) is 11.1 Å². The zero-order valence-electron chi connectivity index (χ0n) is 13.4. The normalized spacial score (nSPS) is 21.4. The lowest BCUT2D eigenvalue weighted by atomic mass is 9.79. The molecule has 0 aromatic heterocycles. The minimum atomic E-state index is -0.453. The summed E-state index contributed by atoms with van der Waals surface area (Å²) in [5.74, 6) is 0.0715. The summed E-state index contributed by atoms with van der Waals surface area (Å²) in [6, 6.07) is 11.4.